The van der Waals surface area contributed by atoms with Crippen LogP contribution in [0.25, 0.3) is 23.3 Å². The summed E-state index contributed by atoms with van der Waals surface area (Å²) in [7, 11) is 0. The van der Waals surface area contributed by atoms with Crippen molar-refractivity contribution in [1.29, 1.82) is 0 Å². The molecule has 3 aromatic rings. The van der Waals surface area contributed by atoms with Crippen LogP contribution in [-0.4, -0.2) is 10.1 Å². The molecule has 102 valence electrons. The summed E-state index contributed by atoms with van der Waals surface area (Å²) in [6, 6.07) is 19.6. The van der Waals surface area contributed by atoms with Crippen LogP contribution in [0.15, 0.2) is 73.1 Å². The molecule has 0 saturated heterocycles. The number of nitrogens with zero attached hydrogens (tertiary/aromatic N) is 1. The molecule has 3 rings (SSSR count). The number of aromatic nitrogens is 1. The Hall–Kier alpha value is -2.87. The van der Waals surface area contributed by atoms with Gasteiger partial charge in [-0.25, -0.2) is 0 Å². The third kappa shape index (κ3) is 3.18. The van der Waals surface area contributed by atoms with E-state index in [-0.39, 0.29) is 0 Å². The molecule has 2 nitrogen and oxygen atoms in total. The minimum Gasteiger partial charge on any atom is -0.507 e. The highest BCUT2D eigenvalue weighted by Gasteiger charge is 1.97. The van der Waals surface area contributed by atoms with Crippen molar-refractivity contribution in [3.05, 3.63) is 84.2 Å². The highest BCUT2D eigenvalue weighted by atomic mass is 16.3. The summed E-state index contributed by atoms with van der Waals surface area (Å²) in [5, 5.41) is 9.72. The lowest BCUT2D eigenvalue weighted by Gasteiger charge is -2.02. The Morgan fingerprint density at radius 3 is 2.10 bits per heavy atom. The van der Waals surface area contributed by atoms with E-state index in [0.717, 1.165) is 22.3 Å². The van der Waals surface area contributed by atoms with E-state index in [0.29, 0.717) is 5.75 Å². The van der Waals surface area contributed by atoms with Gasteiger partial charge in [0.15, 0.2) is 0 Å². The van der Waals surface area contributed by atoms with E-state index >= 15 is 0 Å². The molecule has 2 aromatic carbocycles. The summed E-state index contributed by atoms with van der Waals surface area (Å²) in [4.78, 5) is 4.02. The van der Waals surface area contributed by atoms with Gasteiger partial charge in [-0.2, -0.15) is 0 Å². The fraction of sp³-hybridized carbons (Fsp3) is 0. The molecule has 0 amide bonds. The number of hydrogen-bond acceptors (Lipinski definition) is 2. The zero-order valence-corrected chi connectivity index (χ0v) is 11.5. The summed E-state index contributed by atoms with van der Waals surface area (Å²) in [6.07, 6.45) is 7.49. The lowest BCUT2D eigenvalue weighted by Crippen LogP contribution is -1.79. The molecule has 0 radical (unpaired) electrons. The van der Waals surface area contributed by atoms with E-state index < -0.39 is 0 Å². The molecule has 0 unspecified atom stereocenters. The van der Waals surface area contributed by atoms with Gasteiger partial charge >= 0.3 is 0 Å². The van der Waals surface area contributed by atoms with Crippen LogP contribution in [0, 0.1) is 0 Å². The Kier molecular flexibility index (Phi) is 3.79. The van der Waals surface area contributed by atoms with E-state index in [1.807, 2.05) is 42.5 Å². The van der Waals surface area contributed by atoms with Gasteiger partial charge in [-0.1, -0.05) is 54.6 Å². The number of hydrogen-bond donors (Lipinski definition) is 1. The normalized spacial score (nSPS) is 10.9. The van der Waals surface area contributed by atoms with Gasteiger partial charge in [0.05, 0.1) is 0 Å². The zero-order chi connectivity index (χ0) is 14.5. The molecule has 0 saturated carbocycles. The van der Waals surface area contributed by atoms with Crippen molar-refractivity contribution in [1.82, 2.24) is 4.98 Å². The molecule has 2 heteroatoms. The van der Waals surface area contributed by atoms with E-state index in [2.05, 4.69) is 29.2 Å². The topological polar surface area (TPSA) is 33.1 Å². The van der Waals surface area contributed by atoms with Crippen molar-refractivity contribution in [2.45, 2.75) is 0 Å². The first kappa shape index (κ1) is 13.1. The molecule has 0 aliphatic carbocycles. The molecule has 1 heterocycles. The van der Waals surface area contributed by atoms with E-state index in [4.69, 9.17) is 0 Å². The summed E-state index contributed by atoms with van der Waals surface area (Å²) < 4.78 is 0. The van der Waals surface area contributed by atoms with Crippen LogP contribution in [0.5, 0.6) is 5.75 Å². The highest BCUT2D eigenvalue weighted by molar-refractivity contribution is 5.73. The fourth-order valence-corrected chi connectivity index (χ4v) is 2.15. The molecule has 0 aliphatic heterocycles. The van der Waals surface area contributed by atoms with Crippen molar-refractivity contribution in [3.63, 3.8) is 0 Å². The van der Waals surface area contributed by atoms with Crippen LogP contribution in [-0.2, 0) is 0 Å². The van der Waals surface area contributed by atoms with E-state index in [9.17, 15) is 5.11 Å². The second-order valence-electron chi connectivity index (χ2n) is 4.75. The van der Waals surface area contributed by atoms with Gasteiger partial charge in [-0.3, -0.25) is 4.98 Å². The van der Waals surface area contributed by atoms with Crippen LogP contribution < -0.4 is 0 Å². The monoisotopic (exact) mass is 273 g/mol. The molecule has 1 aromatic heterocycles. The second-order valence-corrected chi connectivity index (χ2v) is 4.75. The second kappa shape index (κ2) is 6.06. The molecule has 0 spiro atoms. The molecule has 0 bridgehead atoms. The van der Waals surface area contributed by atoms with Crippen molar-refractivity contribution in [2.75, 3.05) is 0 Å². The Labute approximate surface area is 124 Å². The number of phenols is 1. The highest BCUT2D eigenvalue weighted by Crippen LogP contribution is 2.21. The molecule has 21 heavy (non-hydrogen) atoms. The Balaban J connectivity index is 1.81. The lowest BCUT2D eigenvalue weighted by atomic mass is 10.0. The molecular weight excluding hydrogens is 258 g/mol. The molecule has 0 atom stereocenters. The summed E-state index contributed by atoms with van der Waals surface area (Å²) in [5.41, 5.74) is 4.23. The number of benzene rings is 2. The van der Waals surface area contributed by atoms with Crippen LogP contribution in [0.4, 0.5) is 0 Å². The van der Waals surface area contributed by atoms with Crippen LogP contribution >= 0.6 is 0 Å². The summed E-state index contributed by atoms with van der Waals surface area (Å²) in [6.45, 7) is 0. The fourth-order valence-electron chi connectivity index (χ4n) is 2.15. The third-order valence-corrected chi connectivity index (χ3v) is 3.32. The van der Waals surface area contributed by atoms with Crippen LogP contribution in [0.1, 0.15) is 11.1 Å². The molecule has 0 aliphatic rings. The van der Waals surface area contributed by atoms with E-state index in [1.165, 1.54) is 0 Å². The largest absolute Gasteiger partial charge is 0.507 e. The quantitative estimate of drug-likeness (QED) is 0.706. The van der Waals surface area contributed by atoms with Crippen molar-refractivity contribution >= 4 is 12.2 Å². The zero-order valence-electron chi connectivity index (χ0n) is 11.5. The van der Waals surface area contributed by atoms with Gasteiger partial charge in [0.25, 0.3) is 0 Å². The maximum Gasteiger partial charge on any atom is 0.122 e. The number of aromatic hydroxyl groups is 1. The smallest absolute Gasteiger partial charge is 0.122 e. The van der Waals surface area contributed by atoms with Crippen molar-refractivity contribution in [2.24, 2.45) is 0 Å². The standard InChI is InChI=1S/C19H15NO/c21-19-4-2-1-3-18(19)10-7-15-5-8-16(9-6-15)17-11-13-20-14-12-17/h1-14,21H. The first-order valence-corrected chi connectivity index (χ1v) is 6.79. The predicted molar refractivity (Wildman–Crippen MR) is 86.7 cm³/mol. The number of pyridine rings is 1. The van der Waals surface area contributed by atoms with Gasteiger partial charge in [0.1, 0.15) is 5.75 Å². The first-order chi connectivity index (χ1) is 10.3. The van der Waals surface area contributed by atoms with Crippen molar-refractivity contribution in [3.8, 4) is 16.9 Å². The summed E-state index contributed by atoms with van der Waals surface area (Å²) >= 11 is 0. The maximum absolute atomic E-state index is 9.72. The van der Waals surface area contributed by atoms with Crippen LogP contribution in [0.2, 0.25) is 0 Å². The molecular formula is C19H15NO. The average Bonchev–Trinajstić information content (AvgIpc) is 2.55. The van der Waals surface area contributed by atoms with Gasteiger partial charge in [0, 0.05) is 18.0 Å². The van der Waals surface area contributed by atoms with Crippen LogP contribution in [0.3, 0.4) is 0 Å². The van der Waals surface area contributed by atoms with Gasteiger partial charge < -0.3 is 5.11 Å². The van der Waals surface area contributed by atoms with Gasteiger partial charge in [-0.05, 0) is 34.9 Å². The maximum atomic E-state index is 9.72. The minimum atomic E-state index is 0.294. The SMILES string of the molecule is Oc1ccccc1C=Cc1ccc(-c2ccncc2)cc1. The van der Waals surface area contributed by atoms with Gasteiger partial charge in [-0.15, -0.1) is 0 Å². The Morgan fingerprint density at radius 1 is 0.714 bits per heavy atom. The predicted octanol–water partition coefficient (Wildman–Crippen LogP) is 4.62. The van der Waals surface area contributed by atoms with Gasteiger partial charge in [0.2, 0.25) is 0 Å². The number of rotatable bonds is 3. The van der Waals surface area contributed by atoms with Crippen molar-refractivity contribution < 1.29 is 5.11 Å². The molecule has 1 N–H and O–H groups in total. The molecule has 0 fully saturated rings. The Morgan fingerprint density at radius 2 is 1.38 bits per heavy atom. The average molecular weight is 273 g/mol. The summed E-state index contributed by atoms with van der Waals surface area (Å²) in [5.74, 6) is 0.294. The number of para-hydroxylation sites is 1. The number of phenolic OH excluding ortho intramolecular Hbond substituents is 1. The first-order valence-electron chi connectivity index (χ1n) is 6.79. The minimum absolute atomic E-state index is 0.294. The lowest BCUT2D eigenvalue weighted by molar-refractivity contribution is 0.474. The Bertz CT molecular complexity index is 746. The third-order valence-electron chi connectivity index (χ3n) is 3.32. The van der Waals surface area contributed by atoms with E-state index in [1.54, 1.807) is 18.5 Å².